The molecule has 0 radical (unpaired) electrons. The number of carbonyl (C=O) groups is 2. The normalized spacial score (nSPS) is 40.1. The zero-order valence-electron chi connectivity index (χ0n) is 17.6. The number of nitrogens with one attached hydrogen (secondary N) is 1. The van der Waals surface area contributed by atoms with Crippen LogP contribution in [0.4, 0.5) is 4.79 Å². The highest BCUT2D eigenvalue weighted by Crippen LogP contribution is 2.66. The second kappa shape index (κ2) is 8.32. The molecule has 3 rings (SSSR count). The Morgan fingerprint density at radius 1 is 1.31 bits per heavy atom. The van der Waals surface area contributed by atoms with E-state index in [1.165, 1.54) is 12.7 Å². The van der Waals surface area contributed by atoms with Crippen molar-refractivity contribution in [3.63, 3.8) is 0 Å². The SMILES string of the molecule is COC(=O)CNC(=O)O[C@@H]1CC[C@]2(CO2)[C@@](I)([C@@]2(C)O[C@@H]2CC=C(C)C)[C@@H]1OC. The average Bonchev–Trinajstić information content (AvgIpc) is 3.59. The Morgan fingerprint density at radius 3 is 2.55 bits per heavy atom. The van der Waals surface area contributed by atoms with Gasteiger partial charge < -0.3 is 29.0 Å². The number of hydrogen-bond donors (Lipinski definition) is 1. The van der Waals surface area contributed by atoms with E-state index in [2.05, 4.69) is 59.5 Å². The maximum atomic E-state index is 12.2. The quantitative estimate of drug-likeness (QED) is 0.180. The fourth-order valence-electron chi connectivity index (χ4n) is 4.43. The van der Waals surface area contributed by atoms with Crippen LogP contribution in [0.25, 0.3) is 0 Å². The lowest BCUT2D eigenvalue weighted by Crippen LogP contribution is -2.67. The van der Waals surface area contributed by atoms with Crippen molar-refractivity contribution in [2.75, 3.05) is 27.4 Å². The number of halogens is 1. The predicted octanol–water partition coefficient (Wildman–Crippen LogP) is 2.52. The van der Waals surface area contributed by atoms with Gasteiger partial charge in [-0.3, -0.25) is 4.79 Å². The molecule has 9 heteroatoms. The number of alkyl carbamates (subject to hydrolysis) is 1. The molecule has 1 N–H and O–H groups in total. The van der Waals surface area contributed by atoms with Crippen LogP contribution in [0.3, 0.4) is 0 Å². The molecular formula is C20H30INO7. The van der Waals surface area contributed by atoms with Crippen LogP contribution in [0.1, 0.15) is 40.0 Å². The van der Waals surface area contributed by atoms with E-state index in [-0.39, 0.29) is 18.2 Å². The lowest BCUT2D eigenvalue weighted by Gasteiger charge is -2.49. The van der Waals surface area contributed by atoms with E-state index in [1.807, 2.05) is 0 Å². The molecule has 6 atom stereocenters. The number of epoxide rings is 2. The first kappa shape index (κ1) is 22.8. The highest BCUT2D eigenvalue weighted by Gasteiger charge is 2.80. The third-order valence-electron chi connectivity index (χ3n) is 6.24. The Bertz CT molecular complexity index is 690. The molecule has 8 nitrogen and oxygen atoms in total. The molecule has 1 aliphatic carbocycles. The van der Waals surface area contributed by atoms with Gasteiger partial charge in [0.05, 0.1) is 19.8 Å². The van der Waals surface area contributed by atoms with Crippen molar-refractivity contribution in [1.29, 1.82) is 0 Å². The maximum absolute atomic E-state index is 12.2. The number of hydrogen-bond acceptors (Lipinski definition) is 7. The summed E-state index contributed by atoms with van der Waals surface area (Å²) in [7, 11) is 2.89. The number of esters is 1. The van der Waals surface area contributed by atoms with Crippen molar-refractivity contribution in [3.8, 4) is 0 Å². The van der Waals surface area contributed by atoms with Gasteiger partial charge in [-0.2, -0.15) is 0 Å². The van der Waals surface area contributed by atoms with Crippen LogP contribution >= 0.6 is 22.6 Å². The highest BCUT2D eigenvalue weighted by atomic mass is 127. The zero-order chi connectivity index (χ0) is 21.4. The first-order valence-electron chi connectivity index (χ1n) is 9.81. The van der Waals surface area contributed by atoms with Crippen molar-refractivity contribution < 1.29 is 33.3 Å². The van der Waals surface area contributed by atoms with Gasteiger partial charge in [0, 0.05) is 7.11 Å². The summed E-state index contributed by atoms with van der Waals surface area (Å²) in [6.07, 6.45) is 2.86. The fourth-order valence-corrected chi connectivity index (χ4v) is 6.14. The highest BCUT2D eigenvalue weighted by molar-refractivity contribution is 14.1. The third-order valence-corrected chi connectivity index (χ3v) is 8.91. The van der Waals surface area contributed by atoms with E-state index in [9.17, 15) is 9.59 Å². The molecule has 0 aromatic carbocycles. The van der Waals surface area contributed by atoms with Crippen LogP contribution < -0.4 is 5.32 Å². The summed E-state index contributed by atoms with van der Waals surface area (Å²) in [5.74, 6) is -0.538. The standard InChI is InChI=1S/C20H30INO7/c1-12(2)6-7-14-18(3,29-14)20(21)16(26-5)13(8-9-19(20)11-27-19)28-17(24)22-10-15(23)25-4/h6,13-14,16H,7-11H2,1-5H3,(H,22,24)/t13-,14-,16-,18+,19+,20+/m1/s1. The number of carbonyl (C=O) groups excluding carboxylic acids is 2. The van der Waals surface area contributed by atoms with Gasteiger partial charge in [0.15, 0.2) is 0 Å². The number of ether oxygens (including phenoxy) is 5. The van der Waals surface area contributed by atoms with Crippen LogP contribution in [-0.4, -0.2) is 72.4 Å². The molecule has 1 amide bonds. The van der Waals surface area contributed by atoms with E-state index in [0.717, 1.165) is 12.8 Å². The minimum atomic E-state index is -0.670. The van der Waals surface area contributed by atoms with E-state index < -0.39 is 33.3 Å². The number of allylic oxidation sites excluding steroid dienone is 1. The summed E-state index contributed by atoms with van der Waals surface area (Å²) >= 11 is 2.42. The minimum Gasteiger partial charge on any atom is -0.468 e. The van der Waals surface area contributed by atoms with Gasteiger partial charge in [0.2, 0.25) is 0 Å². The predicted molar refractivity (Wildman–Crippen MR) is 113 cm³/mol. The van der Waals surface area contributed by atoms with Crippen LogP contribution in [0, 0.1) is 0 Å². The Balaban J connectivity index is 1.76. The molecular weight excluding hydrogens is 493 g/mol. The second-order valence-corrected chi connectivity index (χ2v) is 10.00. The van der Waals surface area contributed by atoms with E-state index in [4.69, 9.17) is 18.9 Å². The van der Waals surface area contributed by atoms with Gasteiger partial charge in [-0.1, -0.05) is 34.2 Å². The smallest absolute Gasteiger partial charge is 0.408 e. The largest absolute Gasteiger partial charge is 0.468 e. The molecule has 29 heavy (non-hydrogen) atoms. The second-order valence-electron chi connectivity index (χ2n) is 8.29. The van der Waals surface area contributed by atoms with Gasteiger partial charge in [-0.15, -0.1) is 0 Å². The first-order chi connectivity index (χ1) is 13.6. The summed E-state index contributed by atoms with van der Waals surface area (Å²) in [4.78, 5) is 23.5. The van der Waals surface area contributed by atoms with Crippen molar-refractivity contribution in [1.82, 2.24) is 5.32 Å². The van der Waals surface area contributed by atoms with E-state index in [1.54, 1.807) is 7.11 Å². The molecule has 0 aromatic heterocycles. The van der Waals surface area contributed by atoms with Crippen LogP contribution in [0.2, 0.25) is 0 Å². The topological polar surface area (TPSA) is 98.9 Å². The Kier molecular flexibility index (Phi) is 6.53. The lowest BCUT2D eigenvalue weighted by molar-refractivity contribution is -0.139. The molecule has 2 aliphatic heterocycles. The van der Waals surface area contributed by atoms with Gasteiger partial charge in [0.1, 0.15) is 33.4 Å². The lowest BCUT2D eigenvalue weighted by atomic mass is 9.68. The van der Waals surface area contributed by atoms with Crippen LogP contribution in [-0.2, 0) is 28.5 Å². The molecule has 2 saturated heterocycles. The number of alkyl halides is 1. The molecule has 1 spiro atoms. The van der Waals surface area contributed by atoms with Gasteiger partial charge >= 0.3 is 12.1 Å². The summed E-state index contributed by atoms with van der Waals surface area (Å²) < 4.78 is 27.8. The first-order valence-corrected chi connectivity index (χ1v) is 10.9. The van der Waals surface area contributed by atoms with Gasteiger partial charge in [-0.05, 0) is 40.0 Å². The van der Waals surface area contributed by atoms with Crippen molar-refractivity contribution in [2.24, 2.45) is 0 Å². The molecule has 2 heterocycles. The molecule has 0 bridgehead atoms. The van der Waals surface area contributed by atoms with E-state index in [0.29, 0.717) is 13.0 Å². The summed E-state index contributed by atoms with van der Waals surface area (Å²) in [6.45, 7) is 6.64. The van der Waals surface area contributed by atoms with Gasteiger partial charge in [-0.25, -0.2) is 4.79 Å². The minimum absolute atomic E-state index is 0.0555. The molecule has 3 fully saturated rings. The summed E-state index contributed by atoms with van der Waals surface area (Å²) in [5.41, 5.74) is 0.449. The van der Waals surface area contributed by atoms with E-state index >= 15 is 0 Å². The monoisotopic (exact) mass is 523 g/mol. The summed E-state index contributed by atoms with van der Waals surface area (Å²) in [5, 5.41) is 2.42. The van der Waals surface area contributed by atoms with Crippen molar-refractivity contribution in [3.05, 3.63) is 11.6 Å². The van der Waals surface area contributed by atoms with Crippen molar-refractivity contribution >= 4 is 34.7 Å². The zero-order valence-corrected chi connectivity index (χ0v) is 19.7. The molecule has 1 saturated carbocycles. The molecule has 3 aliphatic rings. The van der Waals surface area contributed by atoms with Crippen LogP contribution in [0.15, 0.2) is 11.6 Å². The van der Waals surface area contributed by atoms with Crippen molar-refractivity contribution in [2.45, 2.75) is 73.0 Å². The Hall–Kier alpha value is -0.910. The van der Waals surface area contributed by atoms with Crippen LogP contribution in [0.5, 0.6) is 0 Å². The Labute approximate surface area is 185 Å². The maximum Gasteiger partial charge on any atom is 0.408 e. The number of rotatable bonds is 7. The fraction of sp³-hybridized carbons (Fsp3) is 0.800. The molecule has 0 aromatic rings. The molecule has 0 unspecified atom stereocenters. The molecule has 164 valence electrons. The number of amides is 1. The Morgan fingerprint density at radius 2 is 2.00 bits per heavy atom. The summed E-state index contributed by atoms with van der Waals surface area (Å²) in [6, 6.07) is 0. The number of methoxy groups -OCH3 is 2. The average molecular weight is 523 g/mol. The van der Waals surface area contributed by atoms with Gasteiger partial charge in [0.25, 0.3) is 0 Å². The third kappa shape index (κ3) is 4.03.